The number of carbonyl (C=O) groups is 1. The maximum Gasteiger partial charge on any atom is 0.491 e. The van der Waals surface area contributed by atoms with Gasteiger partial charge in [0.15, 0.2) is 0 Å². The minimum absolute atomic E-state index is 0.0962. The Bertz CT molecular complexity index is 515. The third-order valence-electron chi connectivity index (χ3n) is 2.41. The zero-order chi connectivity index (χ0) is 12.4. The Kier molecular flexibility index (Phi) is 3.09. The summed E-state index contributed by atoms with van der Waals surface area (Å²) in [6.07, 6.45) is -0.311. The van der Waals surface area contributed by atoms with Crippen LogP contribution in [0.4, 0.5) is 10.1 Å². The number of benzene rings is 1. The Morgan fingerprint density at radius 3 is 3.18 bits per heavy atom. The van der Waals surface area contributed by atoms with Gasteiger partial charge in [0.05, 0.1) is 12.7 Å². The average Bonchev–Trinajstić information content (AvgIpc) is 2.61. The number of hydrogen-bond acceptors (Lipinski definition) is 4. The summed E-state index contributed by atoms with van der Waals surface area (Å²) in [4.78, 5) is 11.2. The molecule has 2 N–H and O–H groups in total. The molecule has 0 atom stereocenters. The summed E-state index contributed by atoms with van der Waals surface area (Å²) in [6.45, 7) is 0.0962. The highest BCUT2D eigenvalue weighted by Crippen LogP contribution is 2.21. The van der Waals surface area contributed by atoms with Gasteiger partial charge < -0.3 is 15.0 Å². The SMILES string of the molecule is N#CCC(=O)Nc1cc(F)cc2c1COB2O. The number of rotatable bonds is 2. The molecule has 17 heavy (non-hydrogen) atoms. The van der Waals surface area contributed by atoms with Crippen LogP contribution >= 0.6 is 0 Å². The van der Waals surface area contributed by atoms with E-state index in [1.807, 2.05) is 0 Å². The van der Waals surface area contributed by atoms with Crippen LogP contribution < -0.4 is 10.8 Å². The molecule has 2 rings (SSSR count). The summed E-state index contributed by atoms with van der Waals surface area (Å²) in [5, 5.41) is 20.2. The van der Waals surface area contributed by atoms with Gasteiger partial charge in [0.2, 0.25) is 5.91 Å². The Balaban J connectivity index is 2.32. The normalized spacial score (nSPS) is 13.1. The summed E-state index contributed by atoms with van der Waals surface area (Å²) in [7, 11) is -1.17. The molecule has 0 radical (unpaired) electrons. The number of anilines is 1. The van der Waals surface area contributed by atoms with Gasteiger partial charge in [-0.05, 0) is 23.2 Å². The van der Waals surface area contributed by atoms with Gasteiger partial charge in [-0.1, -0.05) is 0 Å². The van der Waals surface area contributed by atoms with Crippen molar-refractivity contribution in [2.75, 3.05) is 5.32 Å². The number of nitrogens with zero attached hydrogens (tertiary/aromatic N) is 1. The van der Waals surface area contributed by atoms with Crippen LogP contribution in [0.5, 0.6) is 0 Å². The molecule has 0 bridgehead atoms. The van der Waals surface area contributed by atoms with Crippen molar-refractivity contribution in [1.29, 1.82) is 5.26 Å². The lowest BCUT2D eigenvalue weighted by Crippen LogP contribution is -2.29. The molecule has 1 aliphatic rings. The summed E-state index contributed by atoms with van der Waals surface area (Å²) in [5.41, 5.74) is 1.07. The standard InChI is InChI=1S/C10H8BFN2O3/c12-6-3-8-7(5-17-11(8)16)9(4-6)14-10(15)1-2-13/h3-4,16H,1,5H2,(H,14,15). The molecular weight excluding hydrogens is 226 g/mol. The zero-order valence-electron chi connectivity index (χ0n) is 8.74. The second kappa shape index (κ2) is 4.53. The Hall–Kier alpha value is -1.91. The highest BCUT2D eigenvalue weighted by atomic mass is 19.1. The molecule has 1 amide bonds. The quantitative estimate of drug-likeness (QED) is 0.699. The van der Waals surface area contributed by atoms with E-state index in [1.54, 1.807) is 6.07 Å². The van der Waals surface area contributed by atoms with E-state index in [-0.39, 0.29) is 18.7 Å². The topological polar surface area (TPSA) is 82.4 Å². The van der Waals surface area contributed by atoms with Crippen LogP contribution in [0.3, 0.4) is 0 Å². The first kappa shape index (κ1) is 11.6. The molecule has 0 spiro atoms. The smallest absolute Gasteiger partial charge is 0.423 e. The molecular formula is C10H8BFN2O3. The maximum atomic E-state index is 13.2. The van der Waals surface area contributed by atoms with Gasteiger partial charge in [0, 0.05) is 5.69 Å². The molecule has 0 aliphatic carbocycles. The van der Waals surface area contributed by atoms with Gasteiger partial charge in [-0.2, -0.15) is 5.26 Å². The first-order chi connectivity index (χ1) is 8.11. The van der Waals surface area contributed by atoms with Crippen LogP contribution in [0.15, 0.2) is 12.1 Å². The van der Waals surface area contributed by atoms with Gasteiger partial charge in [0.25, 0.3) is 0 Å². The number of amides is 1. The van der Waals surface area contributed by atoms with Crippen LogP contribution in [0.1, 0.15) is 12.0 Å². The van der Waals surface area contributed by atoms with Crippen LogP contribution in [0, 0.1) is 17.1 Å². The van der Waals surface area contributed by atoms with Crippen LogP contribution in [0.25, 0.3) is 0 Å². The summed E-state index contributed by atoms with van der Waals surface area (Å²) in [5.74, 6) is -1.11. The predicted molar refractivity (Wildman–Crippen MR) is 57.7 cm³/mol. The van der Waals surface area contributed by atoms with Crippen LogP contribution in [0.2, 0.25) is 0 Å². The molecule has 1 aromatic rings. The third kappa shape index (κ3) is 2.28. The molecule has 0 aromatic heterocycles. The molecule has 1 aromatic carbocycles. The molecule has 1 aliphatic heterocycles. The lowest BCUT2D eigenvalue weighted by Gasteiger charge is -2.08. The monoisotopic (exact) mass is 234 g/mol. The van der Waals surface area contributed by atoms with E-state index < -0.39 is 18.8 Å². The number of nitrogens with one attached hydrogen (secondary N) is 1. The highest BCUT2D eigenvalue weighted by Gasteiger charge is 2.30. The number of fused-ring (bicyclic) bond motifs is 1. The van der Waals surface area contributed by atoms with E-state index in [0.29, 0.717) is 11.0 Å². The summed E-state index contributed by atoms with van der Waals surface area (Å²) in [6, 6.07) is 3.99. The van der Waals surface area contributed by atoms with E-state index in [9.17, 15) is 14.2 Å². The minimum Gasteiger partial charge on any atom is -0.423 e. The first-order valence-corrected chi connectivity index (χ1v) is 4.90. The average molecular weight is 234 g/mol. The fraction of sp³-hybridized carbons (Fsp3) is 0.200. The molecule has 0 fully saturated rings. The van der Waals surface area contributed by atoms with Gasteiger partial charge in [-0.3, -0.25) is 4.79 Å². The van der Waals surface area contributed by atoms with E-state index in [2.05, 4.69) is 5.32 Å². The number of carbonyl (C=O) groups excluding carboxylic acids is 1. The Labute approximate surface area is 97.0 Å². The van der Waals surface area contributed by atoms with E-state index >= 15 is 0 Å². The van der Waals surface area contributed by atoms with Crippen molar-refractivity contribution in [3.05, 3.63) is 23.5 Å². The van der Waals surface area contributed by atoms with Gasteiger partial charge in [-0.15, -0.1) is 0 Å². The van der Waals surface area contributed by atoms with Crippen molar-refractivity contribution >= 4 is 24.2 Å². The van der Waals surface area contributed by atoms with Crippen molar-refractivity contribution in [2.45, 2.75) is 13.0 Å². The Morgan fingerprint density at radius 1 is 1.71 bits per heavy atom. The highest BCUT2D eigenvalue weighted by molar-refractivity contribution is 6.61. The summed E-state index contributed by atoms with van der Waals surface area (Å²) < 4.78 is 18.2. The molecule has 0 saturated heterocycles. The second-order valence-electron chi connectivity index (χ2n) is 3.57. The van der Waals surface area contributed by atoms with E-state index in [4.69, 9.17) is 9.92 Å². The van der Waals surface area contributed by atoms with Crippen molar-refractivity contribution in [1.82, 2.24) is 0 Å². The van der Waals surface area contributed by atoms with Crippen molar-refractivity contribution < 1.29 is 18.9 Å². The van der Waals surface area contributed by atoms with E-state index in [0.717, 1.165) is 12.1 Å². The molecule has 0 saturated carbocycles. The second-order valence-corrected chi connectivity index (χ2v) is 3.57. The van der Waals surface area contributed by atoms with Gasteiger partial charge >= 0.3 is 7.12 Å². The summed E-state index contributed by atoms with van der Waals surface area (Å²) >= 11 is 0. The van der Waals surface area contributed by atoms with Crippen LogP contribution in [-0.2, 0) is 16.1 Å². The lowest BCUT2D eigenvalue weighted by atomic mass is 9.79. The zero-order valence-corrected chi connectivity index (χ0v) is 8.74. The van der Waals surface area contributed by atoms with Crippen molar-refractivity contribution in [2.24, 2.45) is 0 Å². The van der Waals surface area contributed by atoms with Gasteiger partial charge in [0.1, 0.15) is 12.2 Å². The van der Waals surface area contributed by atoms with Gasteiger partial charge in [-0.25, -0.2) is 4.39 Å². The first-order valence-electron chi connectivity index (χ1n) is 4.90. The molecule has 1 heterocycles. The third-order valence-corrected chi connectivity index (χ3v) is 2.41. The van der Waals surface area contributed by atoms with E-state index in [1.165, 1.54) is 0 Å². The Morgan fingerprint density at radius 2 is 2.47 bits per heavy atom. The van der Waals surface area contributed by atoms with Crippen LogP contribution in [-0.4, -0.2) is 18.0 Å². The van der Waals surface area contributed by atoms with Crippen molar-refractivity contribution in [3.8, 4) is 6.07 Å². The van der Waals surface area contributed by atoms with Crippen molar-refractivity contribution in [3.63, 3.8) is 0 Å². The number of halogens is 1. The molecule has 7 heteroatoms. The largest absolute Gasteiger partial charge is 0.491 e. The minimum atomic E-state index is -1.17. The number of nitriles is 1. The lowest BCUT2D eigenvalue weighted by molar-refractivity contribution is -0.115. The maximum absolute atomic E-state index is 13.2. The molecule has 86 valence electrons. The molecule has 5 nitrogen and oxygen atoms in total. The number of hydrogen-bond donors (Lipinski definition) is 2. The fourth-order valence-corrected chi connectivity index (χ4v) is 1.67. The fourth-order valence-electron chi connectivity index (χ4n) is 1.67. The molecule has 0 unspecified atom stereocenters. The predicted octanol–water partition coefficient (Wildman–Crippen LogP) is -0.104.